The molecular weight excluding hydrogens is 408 g/mol. The maximum atomic E-state index is 12.3. The normalized spacial score (nSPS) is 15.0. The molecule has 0 saturated carbocycles. The zero-order valence-electron chi connectivity index (χ0n) is 19.3. The van der Waals surface area contributed by atoms with E-state index in [1.807, 2.05) is 0 Å². The molecule has 1 amide bonds. The van der Waals surface area contributed by atoms with Crippen molar-refractivity contribution in [1.29, 1.82) is 0 Å². The molecule has 3 rings (SSSR count). The van der Waals surface area contributed by atoms with E-state index in [1.165, 1.54) is 17.3 Å². The average Bonchev–Trinajstić information content (AvgIpc) is 2.81. The number of benzene rings is 2. The molecule has 0 radical (unpaired) electrons. The molecule has 1 N–H and O–H groups in total. The van der Waals surface area contributed by atoms with Crippen molar-refractivity contribution in [2.45, 2.75) is 13.5 Å². The first-order valence-electron chi connectivity index (χ1n) is 10.6. The molecule has 1 aliphatic rings. The minimum Gasteiger partial charge on any atom is -0.496 e. The lowest BCUT2D eigenvalue weighted by atomic mass is 10.1. The van der Waals surface area contributed by atoms with Crippen LogP contribution >= 0.6 is 0 Å². The minimum atomic E-state index is -0.146. The van der Waals surface area contributed by atoms with Crippen molar-refractivity contribution in [3.8, 4) is 17.2 Å². The molecular formula is C24H32N4O4. The van der Waals surface area contributed by atoms with Gasteiger partial charge in [-0.25, -0.2) is 5.43 Å². The summed E-state index contributed by atoms with van der Waals surface area (Å²) < 4.78 is 16.0. The van der Waals surface area contributed by atoms with E-state index in [9.17, 15) is 4.79 Å². The molecule has 2 aromatic rings. The van der Waals surface area contributed by atoms with Gasteiger partial charge in [0.15, 0.2) is 11.5 Å². The monoisotopic (exact) mass is 440 g/mol. The molecule has 172 valence electrons. The molecule has 0 bridgehead atoms. The number of carbonyl (C=O) groups is 1. The predicted octanol–water partition coefficient (Wildman–Crippen LogP) is 2.29. The molecule has 2 aromatic carbocycles. The largest absolute Gasteiger partial charge is 0.496 e. The lowest BCUT2D eigenvalue weighted by Crippen LogP contribution is -2.48. The van der Waals surface area contributed by atoms with E-state index >= 15 is 0 Å². The summed E-state index contributed by atoms with van der Waals surface area (Å²) in [6.45, 7) is 6.94. The van der Waals surface area contributed by atoms with Gasteiger partial charge in [-0.05, 0) is 18.6 Å². The summed E-state index contributed by atoms with van der Waals surface area (Å²) in [4.78, 5) is 16.9. The smallest absolute Gasteiger partial charge is 0.254 e. The molecule has 1 aliphatic heterocycles. The molecule has 1 fully saturated rings. The van der Waals surface area contributed by atoms with E-state index in [0.29, 0.717) is 29.4 Å². The lowest BCUT2D eigenvalue weighted by Gasteiger charge is -2.34. The second-order valence-electron chi connectivity index (χ2n) is 7.78. The summed E-state index contributed by atoms with van der Waals surface area (Å²) in [6, 6.07) is 12.1. The van der Waals surface area contributed by atoms with Crippen molar-refractivity contribution < 1.29 is 19.0 Å². The van der Waals surface area contributed by atoms with Crippen LogP contribution in [0.3, 0.4) is 0 Å². The Morgan fingerprint density at radius 3 is 2.16 bits per heavy atom. The fourth-order valence-corrected chi connectivity index (χ4v) is 3.62. The second-order valence-corrected chi connectivity index (χ2v) is 7.78. The fourth-order valence-electron chi connectivity index (χ4n) is 3.62. The topological polar surface area (TPSA) is 75.6 Å². The first-order chi connectivity index (χ1) is 15.5. The number of piperazine rings is 1. The SMILES string of the molecule is COc1cc(OC)c(OC)cc1/C=N\NC(=O)CN1CCN(Cc2ccc(C)cc2)CC1. The van der Waals surface area contributed by atoms with Crippen LogP contribution in [-0.2, 0) is 11.3 Å². The van der Waals surface area contributed by atoms with Crippen LogP contribution in [0.1, 0.15) is 16.7 Å². The van der Waals surface area contributed by atoms with Crippen LogP contribution in [0, 0.1) is 6.92 Å². The number of carbonyl (C=O) groups excluding carboxylic acids is 1. The van der Waals surface area contributed by atoms with Gasteiger partial charge in [0.1, 0.15) is 5.75 Å². The molecule has 0 atom stereocenters. The van der Waals surface area contributed by atoms with E-state index in [2.05, 4.69) is 51.5 Å². The summed E-state index contributed by atoms with van der Waals surface area (Å²) in [5.41, 5.74) is 5.87. The second kappa shape index (κ2) is 11.5. The van der Waals surface area contributed by atoms with Crippen LogP contribution in [0.2, 0.25) is 0 Å². The van der Waals surface area contributed by atoms with Gasteiger partial charge in [-0.3, -0.25) is 14.6 Å². The molecule has 1 saturated heterocycles. The van der Waals surface area contributed by atoms with Crippen molar-refractivity contribution in [1.82, 2.24) is 15.2 Å². The summed E-state index contributed by atoms with van der Waals surface area (Å²) in [7, 11) is 4.69. The van der Waals surface area contributed by atoms with Crippen LogP contribution in [0.5, 0.6) is 17.2 Å². The van der Waals surface area contributed by atoms with Gasteiger partial charge in [-0.2, -0.15) is 5.10 Å². The van der Waals surface area contributed by atoms with Gasteiger partial charge >= 0.3 is 0 Å². The number of amides is 1. The number of nitrogens with zero attached hydrogens (tertiary/aromatic N) is 3. The van der Waals surface area contributed by atoms with Gasteiger partial charge in [0, 0.05) is 44.4 Å². The third-order valence-corrected chi connectivity index (χ3v) is 5.49. The molecule has 0 aliphatic carbocycles. The Labute approximate surface area is 189 Å². The number of methoxy groups -OCH3 is 3. The van der Waals surface area contributed by atoms with Crippen molar-refractivity contribution >= 4 is 12.1 Å². The quantitative estimate of drug-likeness (QED) is 0.476. The predicted molar refractivity (Wildman–Crippen MR) is 125 cm³/mol. The van der Waals surface area contributed by atoms with Crippen molar-refractivity contribution in [2.24, 2.45) is 5.10 Å². The zero-order valence-corrected chi connectivity index (χ0v) is 19.3. The Balaban J connectivity index is 1.46. The van der Waals surface area contributed by atoms with Gasteiger partial charge in [-0.15, -0.1) is 0 Å². The Bertz CT molecular complexity index is 922. The molecule has 1 heterocycles. The molecule has 32 heavy (non-hydrogen) atoms. The highest BCUT2D eigenvalue weighted by Crippen LogP contribution is 2.33. The summed E-state index contributed by atoms with van der Waals surface area (Å²) in [5, 5.41) is 4.09. The van der Waals surface area contributed by atoms with Crippen molar-refractivity contribution in [3.05, 3.63) is 53.1 Å². The van der Waals surface area contributed by atoms with Crippen LogP contribution in [0.4, 0.5) is 0 Å². The number of aryl methyl sites for hydroxylation is 1. The molecule has 8 heteroatoms. The van der Waals surface area contributed by atoms with Crippen LogP contribution < -0.4 is 19.6 Å². The Morgan fingerprint density at radius 2 is 1.53 bits per heavy atom. The number of ether oxygens (including phenoxy) is 3. The average molecular weight is 441 g/mol. The van der Waals surface area contributed by atoms with E-state index < -0.39 is 0 Å². The van der Waals surface area contributed by atoms with Gasteiger partial charge < -0.3 is 14.2 Å². The third kappa shape index (κ3) is 6.45. The number of nitrogens with one attached hydrogen (secondary N) is 1. The summed E-state index contributed by atoms with van der Waals surface area (Å²) in [6.07, 6.45) is 1.54. The number of hydrazone groups is 1. The maximum absolute atomic E-state index is 12.3. The highest BCUT2D eigenvalue weighted by molar-refractivity contribution is 5.86. The van der Waals surface area contributed by atoms with Crippen molar-refractivity contribution in [3.63, 3.8) is 0 Å². The number of rotatable bonds is 9. The van der Waals surface area contributed by atoms with Gasteiger partial charge in [-0.1, -0.05) is 29.8 Å². The number of hydrogen-bond acceptors (Lipinski definition) is 7. The first kappa shape index (κ1) is 23.6. The summed E-state index contributed by atoms with van der Waals surface area (Å²) in [5.74, 6) is 1.55. The standard InChI is InChI=1S/C24H32N4O4/c1-18-5-7-19(8-6-18)16-27-9-11-28(12-10-27)17-24(29)26-25-15-20-13-22(31-3)23(32-4)14-21(20)30-2/h5-8,13-15H,9-12,16-17H2,1-4H3,(H,26,29)/b25-15-. The van der Waals surface area contributed by atoms with Crippen LogP contribution in [0.15, 0.2) is 41.5 Å². The van der Waals surface area contributed by atoms with Gasteiger partial charge in [0.25, 0.3) is 5.91 Å². The van der Waals surface area contributed by atoms with Crippen molar-refractivity contribution in [2.75, 3.05) is 54.1 Å². The highest BCUT2D eigenvalue weighted by Gasteiger charge is 2.19. The fraction of sp³-hybridized carbons (Fsp3) is 0.417. The zero-order chi connectivity index (χ0) is 22.9. The highest BCUT2D eigenvalue weighted by atomic mass is 16.5. The Kier molecular flexibility index (Phi) is 8.47. The molecule has 0 spiro atoms. The van der Waals surface area contributed by atoms with Gasteiger partial charge in [0.05, 0.1) is 34.1 Å². The van der Waals surface area contributed by atoms with Crippen LogP contribution in [0.25, 0.3) is 0 Å². The molecule has 8 nitrogen and oxygen atoms in total. The third-order valence-electron chi connectivity index (χ3n) is 5.49. The van der Waals surface area contributed by atoms with E-state index in [1.54, 1.807) is 33.5 Å². The Hall–Kier alpha value is -3.10. The van der Waals surface area contributed by atoms with E-state index in [-0.39, 0.29) is 5.91 Å². The maximum Gasteiger partial charge on any atom is 0.254 e. The minimum absolute atomic E-state index is 0.146. The van der Waals surface area contributed by atoms with Crippen LogP contribution in [-0.4, -0.2) is 76.0 Å². The van der Waals surface area contributed by atoms with E-state index in [4.69, 9.17) is 14.2 Å². The molecule has 0 unspecified atom stereocenters. The summed E-state index contributed by atoms with van der Waals surface area (Å²) >= 11 is 0. The lowest BCUT2D eigenvalue weighted by molar-refractivity contribution is -0.122. The number of hydrogen-bond donors (Lipinski definition) is 1. The molecule has 0 aromatic heterocycles. The van der Waals surface area contributed by atoms with E-state index in [0.717, 1.165) is 32.7 Å². The first-order valence-corrected chi connectivity index (χ1v) is 10.6. The Morgan fingerprint density at radius 1 is 0.938 bits per heavy atom. The van der Waals surface area contributed by atoms with Gasteiger partial charge in [0.2, 0.25) is 0 Å².